The van der Waals surface area contributed by atoms with Crippen LogP contribution in [0.15, 0.2) is 87.2 Å². The highest BCUT2D eigenvalue weighted by molar-refractivity contribution is 7.89. The monoisotopic (exact) mass is 485 g/mol. The van der Waals surface area contributed by atoms with Crippen molar-refractivity contribution in [3.05, 3.63) is 95.5 Å². The van der Waals surface area contributed by atoms with E-state index < -0.39 is 33.1 Å². The third-order valence-corrected chi connectivity index (χ3v) is 5.93. The molecule has 4 rings (SSSR count). The number of carbonyl (C=O) groups is 1. The van der Waals surface area contributed by atoms with Crippen LogP contribution < -0.4 is 20.4 Å². The first-order valence-corrected chi connectivity index (χ1v) is 11.2. The second-order valence-corrected chi connectivity index (χ2v) is 8.60. The molecule has 0 spiro atoms. The average molecular weight is 485 g/mol. The number of nitrogens with zero attached hydrogens (tertiary/aromatic N) is 1. The molecule has 174 valence electrons. The Morgan fingerprint density at radius 3 is 2.47 bits per heavy atom. The van der Waals surface area contributed by atoms with E-state index in [2.05, 4.69) is 10.4 Å². The molecule has 0 radical (unpaired) electrons. The number of carbonyl (C=O) groups excluding carboxylic acids is 1. The predicted octanol–water partition coefficient (Wildman–Crippen LogP) is 3.77. The molecule has 0 saturated carbocycles. The molecule has 0 aliphatic carbocycles. The third-order valence-electron chi connectivity index (χ3n) is 4.70. The summed E-state index contributed by atoms with van der Waals surface area (Å²) < 4.78 is 63.4. The van der Waals surface area contributed by atoms with Crippen molar-refractivity contribution >= 4 is 32.6 Å². The summed E-state index contributed by atoms with van der Waals surface area (Å²) in [6.07, 6.45) is 0. The van der Waals surface area contributed by atoms with Crippen LogP contribution in [0.1, 0.15) is 10.4 Å². The molecule has 3 aromatic carbocycles. The number of benzene rings is 3. The summed E-state index contributed by atoms with van der Waals surface area (Å²) in [7, 11) is -2.67. The van der Waals surface area contributed by atoms with Gasteiger partial charge in [0.25, 0.3) is 15.9 Å². The molecule has 2 N–H and O–H groups in total. The number of fused-ring (bicyclic) bond motifs is 1. The Hall–Kier alpha value is -4.25. The Bertz CT molecular complexity index is 1550. The van der Waals surface area contributed by atoms with Crippen LogP contribution in [0.5, 0.6) is 5.75 Å². The molecule has 0 atom stereocenters. The summed E-state index contributed by atoms with van der Waals surface area (Å²) in [5.74, 6) is -2.35. The van der Waals surface area contributed by atoms with Crippen molar-refractivity contribution in [1.29, 1.82) is 0 Å². The number of nitrogens with one attached hydrogen (secondary N) is 2. The first-order valence-electron chi connectivity index (χ1n) is 9.76. The quantitative estimate of drug-likeness (QED) is 0.404. The molecule has 8 nitrogen and oxygen atoms in total. The number of anilines is 1. The van der Waals surface area contributed by atoms with Gasteiger partial charge in [0.2, 0.25) is 5.55 Å². The SMILES string of the molecule is COc1cccc2cc(C(=O)Nc3ccc(F)cc3F)/c(=N\NS(=O)(=O)c3ccccc3)oc12. The fraction of sp³-hybridized carbons (Fsp3) is 0.0435. The van der Waals surface area contributed by atoms with Crippen molar-refractivity contribution in [2.75, 3.05) is 12.4 Å². The van der Waals surface area contributed by atoms with Crippen molar-refractivity contribution < 1.29 is 31.1 Å². The minimum atomic E-state index is -4.08. The highest BCUT2D eigenvalue weighted by Gasteiger charge is 2.18. The van der Waals surface area contributed by atoms with Gasteiger partial charge in [-0.3, -0.25) is 4.79 Å². The first-order chi connectivity index (χ1) is 16.3. The molecule has 1 amide bonds. The standard InChI is InChI=1S/C23H17F2N3O5S/c1-32-20-9-5-6-14-12-17(22(29)26-19-11-10-15(24)13-18(19)25)23(33-21(14)20)27-28-34(30,31)16-7-3-2-4-8-16/h2-13,28H,1H3,(H,26,29)/b27-23+. The summed E-state index contributed by atoms with van der Waals surface area (Å²) in [6.45, 7) is 0. The predicted molar refractivity (Wildman–Crippen MR) is 119 cm³/mol. The molecule has 0 aliphatic heterocycles. The Balaban J connectivity index is 1.82. The Morgan fingerprint density at radius 2 is 1.76 bits per heavy atom. The van der Waals surface area contributed by atoms with Gasteiger partial charge in [0.05, 0.1) is 17.7 Å². The number of hydrogen-bond acceptors (Lipinski definition) is 6. The van der Waals surface area contributed by atoms with E-state index in [0.717, 1.165) is 12.1 Å². The average Bonchev–Trinajstić information content (AvgIpc) is 2.84. The fourth-order valence-electron chi connectivity index (χ4n) is 3.07. The lowest BCUT2D eigenvalue weighted by molar-refractivity contribution is 0.102. The second-order valence-electron chi connectivity index (χ2n) is 6.94. The number of amides is 1. The van der Waals surface area contributed by atoms with Crippen molar-refractivity contribution in [3.8, 4) is 5.75 Å². The number of methoxy groups -OCH3 is 1. The van der Waals surface area contributed by atoms with Crippen LogP contribution in [0.3, 0.4) is 0 Å². The van der Waals surface area contributed by atoms with Gasteiger partial charge in [-0.1, -0.05) is 30.3 Å². The van der Waals surface area contributed by atoms with E-state index in [4.69, 9.17) is 9.15 Å². The summed E-state index contributed by atoms with van der Waals surface area (Å²) >= 11 is 0. The van der Waals surface area contributed by atoms with Crippen LogP contribution in [-0.2, 0) is 10.0 Å². The highest BCUT2D eigenvalue weighted by atomic mass is 32.2. The van der Waals surface area contributed by atoms with E-state index in [-0.39, 0.29) is 21.7 Å². The summed E-state index contributed by atoms with van der Waals surface area (Å²) in [6, 6.07) is 16.4. The van der Waals surface area contributed by atoms with Gasteiger partial charge in [-0.2, -0.15) is 13.2 Å². The van der Waals surface area contributed by atoms with Crippen molar-refractivity contribution in [2.45, 2.75) is 4.90 Å². The van der Waals surface area contributed by atoms with Crippen molar-refractivity contribution in [1.82, 2.24) is 4.83 Å². The maximum atomic E-state index is 14.1. The number of halogens is 2. The van der Waals surface area contributed by atoms with Crippen LogP contribution in [-0.4, -0.2) is 21.4 Å². The zero-order chi connectivity index (χ0) is 24.3. The second kappa shape index (κ2) is 9.32. The number of sulfonamides is 1. The molecule has 0 bridgehead atoms. The largest absolute Gasteiger partial charge is 0.493 e. The van der Waals surface area contributed by atoms with E-state index in [9.17, 15) is 22.0 Å². The maximum Gasteiger partial charge on any atom is 0.276 e. The number of ether oxygens (including phenoxy) is 1. The van der Waals surface area contributed by atoms with E-state index in [1.807, 2.05) is 4.83 Å². The van der Waals surface area contributed by atoms with Gasteiger partial charge in [0.1, 0.15) is 17.2 Å². The summed E-state index contributed by atoms with van der Waals surface area (Å²) in [5.41, 5.74) is -0.697. The zero-order valence-corrected chi connectivity index (χ0v) is 18.4. The van der Waals surface area contributed by atoms with Crippen LogP contribution in [0.2, 0.25) is 0 Å². The van der Waals surface area contributed by atoms with Gasteiger partial charge in [-0.25, -0.2) is 8.78 Å². The molecule has 0 fully saturated rings. The van der Waals surface area contributed by atoms with Gasteiger partial charge in [0.15, 0.2) is 11.3 Å². The van der Waals surface area contributed by atoms with Crippen molar-refractivity contribution in [2.24, 2.45) is 5.10 Å². The van der Waals surface area contributed by atoms with E-state index in [1.54, 1.807) is 24.3 Å². The Kier molecular flexibility index (Phi) is 6.28. The van der Waals surface area contributed by atoms with Crippen LogP contribution in [0.4, 0.5) is 14.5 Å². The van der Waals surface area contributed by atoms with Gasteiger partial charge in [-0.15, -0.1) is 5.10 Å². The topological polar surface area (TPSA) is 110 Å². The van der Waals surface area contributed by atoms with Crippen LogP contribution >= 0.6 is 0 Å². The lowest BCUT2D eigenvalue weighted by Crippen LogP contribution is -2.27. The van der Waals surface area contributed by atoms with Gasteiger partial charge < -0.3 is 14.5 Å². The van der Waals surface area contributed by atoms with Gasteiger partial charge in [-0.05, 0) is 36.4 Å². The van der Waals surface area contributed by atoms with E-state index in [1.165, 1.54) is 37.4 Å². The molecule has 34 heavy (non-hydrogen) atoms. The van der Waals surface area contributed by atoms with Crippen molar-refractivity contribution in [3.63, 3.8) is 0 Å². The summed E-state index contributed by atoms with van der Waals surface area (Å²) in [4.78, 5) is 14.9. The van der Waals surface area contributed by atoms with Gasteiger partial charge in [0, 0.05) is 11.5 Å². The molecule has 0 saturated heterocycles. The van der Waals surface area contributed by atoms with Crippen LogP contribution in [0, 0.1) is 11.6 Å². The molecule has 1 heterocycles. The van der Waals surface area contributed by atoms with E-state index in [0.29, 0.717) is 17.2 Å². The lowest BCUT2D eigenvalue weighted by atomic mass is 10.1. The first kappa shape index (κ1) is 22.9. The summed E-state index contributed by atoms with van der Waals surface area (Å²) in [5, 5.41) is 6.55. The number of rotatable bonds is 6. The Labute approximate surface area is 192 Å². The molecular weight excluding hydrogens is 468 g/mol. The van der Waals surface area contributed by atoms with Gasteiger partial charge >= 0.3 is 0 Å². The molecule has 11 heteroatoms. The molecule has 4 aromatic rings. The lowest BCUT2D eigenvalue weighted by Gasteiger charge is -2.10. The zero-order valence-electron chi connectivity index (χ0n) is 17.6. The third kappa shape index (κ3) is 4.74. The number of para-hydroxylation sites is 1. The fourth-order valence-corrected chi connectivity index (χ4v) is 3.89. The molecule has 0 aliphatic rings. The molecule has 0 unspecified atom stereocenters. The Morgan fingerprint density at radius 1 is 1.00 bits per heavy atom. The minimum Gasteiger partial charge on any atom is -0.493 e. The maximum absolute atomic E-state index is 14.1. The minimum absolute atomic E-state index is 0.0588. The highest BCUT2D eigenvalue weighted by Crippen LogP contribution is 2.25. The molecule has 1 aromatic heterocycles. The number of hydrogen-bond donors (Lipinski definition) is 2. The van der Waals surface area contributed by atoms with E-state index >= 15 is 0 Å². The van der Waals surface area contributed by atoms with Crippen LogP contribution in [0.25, 0.3) is 11.0 Å². The normalized spacial score (nSPS) is 11.9. The smallest absolute Gasteiger partial charge is 0.276 e. The molecular formula is C23H17F2N3O5S.